The Morgan fingerprint density at radius 1 is 1.47 bits per heavy atom. The van der Waals surface area contributed by atoms with Crippen LogP contribution in [0.1, 0.15) is 33.1 Å². The average Bonchev–Trinajstić information content (AvgIpc) is 3.15. The largest absolute Gasteiger partial charge is 0.388 e. The van der Waals surface area contributed by atoms with E-state index < -0.39 is 5.54 Å². The van der Waals surface area contributed by atoms with Gasteiger partial charge in [0, 0.05) is 25.3 Å². The van der Waals surface area contributed by atoms with Gasteiger partial charge in [0.05, 0.1) is 5.54 Å². The maximum Gasteiger partial charge on any atom is 0.240 e. The van der Waals surface area contributed by atoms with Crippen molar-refractivity contribution in [1.29, 1.82) is 0 Å². The molecule has 19 heavy (non-hydrogen) atoms. The highest BCUT2D eigenvalue weighted by Crippen LogP contribution is 2.36. The first kappa shape index (κ1) is 14.1. The van der Waals surface area contributed by atoms with Gasteiger partial charge in [-0.2, -0.15) is 0 Å². The summed E-state index contributed by atoms with van der Waals surface area (Å²) in [5.41, 5.74) is 0.575. The van der Waals surface area contributed by atoms with E-state index >= 15 is 0 Å². The molecule has 1 saturated carbocycles. The monoisotopic (exact) mass is 263 g/mol. The van der Waals surface area contributed by atoms with Crippen LogP contribution in [0.3, 0.4) is 0 Å². The molecule has 2 rings (SSSR count). The summed E-state index contributed by atoms with van der Waals surface area (Å²) in [7, 11) is 1.89. The Kier molecular flexibility index (Phi) is 4.30. The molecule has 1 fully saturated rings. The first-order valence-electron chi connectivity index (χ1n) is 7.15. The highest BCUT2D eigenvalue weighted by molar-refractivity contribution is 5.86. The third-order valence-electron chi connectivity index (χ3n) is 3.88. The molecule has 0 aromatic carbocycles. The molecule has 0 radical (unpaired) electrons. The van der Waals surface area contributed by atoms with Crippen LogP contribution >= 0.6 is 0 Å². The van der Waals surface area contributed by atoms with Gasteiger partial charge in [0.2, 0.25) is 5.91 Å². The van der Waals surface area contributed by atoms with Crippen molar-refractivity contribution in [3.8, 4) is 0 Å². The maximum atomic E-state index is 12.5. The predicted octanol–water partition coefficient (Wildman–Crippen LogP) is 1.31. The van der Waals surface area contributed by atoms with Crippen molar-refractivity contribution < 1.29 is 4.79 Å². The van der Waals surface area contributed by atoms with Crippen LogP contribution in [-0.2, 0) is 4.79 Å². The van der Waals surface area contributed by atoms with Gasteiger partial charge in [0.1, 0.15) is 0 Å². The number of hydrogen-bond donors (Lipinski definition) is 3. The SMILES string of the molecule is CNC1=CC(C)NC(=O)C(C)(CC2CC2)NCC=C1. The predicted molar refractivity (Wildman–Crippen MR) is 77.6 cm³/mol. The van der Waals surface area contributed by atoms with Crippen molar-refractivity contribution in [2.45, 2.75) is 44.7 Å². The highest BCUT2D eigenvalue weighted by atomic mass is 16.2. The fourth-order valence-electron chi connectivity index (χ4n) is 2.51. The molecule has 0 saturated heterocycles. The molecule has 1 aliphatic heterocycles. The first-order valence-corrected chi connectivity index (χ1v) is 7.15. The molecular formula is C15H25N3O. The first-order chi connectivity index (χ1) is 9.03. The standard InChI is InChI=1S/C15H25N3O/c1-11-9-13(16-3)5-4-8-17-15(2,14(19)18-11)10-12-6-7-12/h4-5,9,11-12,16-17H,6-8,10H2,1-3H3,(H,18,19). The summed E-state index contributed by atoms with van der Waals surface area (Å²) in [5, 5.41) is 9.61. The fraction of sp³-hybridized carbons (Fsp3) is 0.667. The van der Waals surface area contributed by atoms with Gasteiger partial charge in [0.25, 0.3) is 0 Å². The van der Waals surface area contributed by atoms with Gasteiger partial charge >= 0.3 is 0 Å². The molecule has 1 amide bonds. The summed E-state index contributed by atoms with van der Waals surface area (Å²) >= 11 is 0. The van der Waals surface area contributed by atoms with Crippen LogP contribution in [0.5, 0.6) is 0 Å². The van der Waals surface area contributed by atoms with E-state index in [4.69, 9.17) is 0 Å². The molecule has 0 aromatic rings. The lowest BCUT2D eigenvalue weighted by Crippen LogP contribution is -2.56. The zero-order valence-corrected chi connectivity index (χ0v) is 12.1. The Hall–Kier alpha value is -1.29. The van der Waals surface area contributed by atoms with E-state index in [0.717, 1.165) is 12.1 Å². The second-order valence-corrected chi connectivity index (χ2v) is 5.90. The number of likely N-dealkylation sites (N-methyl/N-ethyl adjacent to an activating group) is 1. The van der Waals surface area contributed by atoms with Crippen molar-refractivity contribution in [3.05, 3.63) is 23.9 Å². The van der Waals surface area contributed by atoms with Crippen molar-refractivity contribution >= 4 is 5.91 Å². The number of carbonyl (C=O) groups is 1. The molecule has 2 atom stereocenters. The average molecular weight is 263 g/mol. The summed E-state index contributed by atoms with van der Waals surface area (Å²) in [6, 6.07) is 0.0260. The Balaban J connectivity index is 2.12. The van der Waals surface area contributed by atoms with E-state index in [-0.39, 0.29) is 11.9 Å². The van der Waals surface area contributed by atoms with Crippen LogP contribution in [0.4, 0.5) is 0 Å². The third-order valence-corrected chi connectivity index (χ3v) is 3.88. The molecule has 106 valence electrons. The van der Waals surface area contributed by atoms with Crippen molar-refractivity contribution in [2.75, 3.05) is 13.6 Å². The normalized spacial score (nSPS) is 32.5. The lowest BCUT2D eigenvalue weighted by Gasteiger charge is -2.31. The second-order valence-electron chi connectivity index (χ2n) is 5.90. The van der Waals surface area contributed by atoms with Crippen molar-refractivity contribution in [1.82, 2.24) is 16.0 Å². The molecule has 0 bridgehead atoms. The lowest BCUT2D eigenvalue weighted by atomic mass is 9.92. The number of rotatable bonds is 3. The van der Waals surface area contributed by atoms with Gasteiger partial charge in [0.15, 0.2) is 0 Å². The molecule has 2 aliphatic rings. The van der Waals surface area contributed by atoms with Crippen molar-refractivity contribution in [3.63, 3.8) is 0 Å². The van der Waals surface area contributed by atoms with Crippen LogP contribution in [0.15, 0.2) is 23.9 Å². The summed E-state index contributed by atoms with van der Waals surface area (Å²) < 4.78 is 0. The Bertz CT molecular complexity index is 398. The van der Waals surface area contributed by atoms with E-state index in [0.29, 0.717) is 12.5 Å². The third kappa shape index (κ3) is 3.83. The molecule has 1 aliphatic carbocycles. The smallest absolute Gasteiger partial charge is 0.240 e. The number of amides is 1. The number of allylic oxidation sites excluding steroid dienone is 1. The minimum Gasteiger partial charge on any atom is -0.388 e. The summed E-state index contributed by atoms with van der Waals surface area (Å²) in [4.78, 5) is 12.5. The number of carbonyl (C=O) groups excluding carboxylic acids is 1. The summed E-state index contributed by atoms with van der Waals surface area (Å²) in [5.74, 6) is 0.822. The molecule has 2 unspecified atom stereocenters. The quantitative estimate of drug-likeness (QED) is 0.719. The zero-order valence-electron chi connectivity index (χ0n) is 12.1. The Labute approximate surface area is 115 Å². The van der Waals surface area contributed by atoms with E-state index in [1.165, 1.54) is 12.8 Å². The van der Waals surface area contributed by atoms with Crippen LogP contribution in [0.25, 0.3) is 0 Å². The van der Waals surface area contributed by atoms with E-state index in [9.17, 15) is 4.79 Å². The number of nitrogens with one attached hydrogen (secondary N) is 3. The van der Waals surface area contributed by atoms with Gasteiger partial charge in [-0.1, -0.05) is 18.9 Å². The van der Waals surface area contributed by atoms with E-state index in [2.05, 4.69) is 28.1 Å². The minimum atomic E-state index is -0.454. The van der Waals surface area contributed by atoms with E-state index in [1.54, 1.807) is 0 Å². The highest BCUT2D eigenvalue weighted by Gasteiger charge is 2.38. The Morgan fingerprint density at radius 2 is 2.21 bits per heavy atom. The molecular weight excluding hydrogens is 238 g/mol. The van der Waals surface area contributed by atoms with Crippen LogP contribution in [-0.4, -0.2) is 31.1 Å². The van der Waals surface area contributed by atoms with Gasteiger partial charge in [-0.15, -0.1) is 0 Å². The van der Waals surface area contributed by atoms with Gasteiger partial charge < -0.3 is 16.0 Å². The molecule has 1 heterocycles. The van der Waals surface area contributed by atoms with Crippen LogP contribution in [0, 0.1) is 5.92 Å². The van der Waals surface area contributed by atoms with Crippen LogP contribution in [0.2, 0.25) is 0 Å². The molecule has 0 spiro atoms. The number of hydrogen-bond acceptors (Lipinski definition) is 3. The Morgan fingerprint density at radius 3 is 2.84 bits per heavy atom. The lowest BCUT2D eigenvalue weighted by molar-refractivity contribution is -0.127. The van der Waals surface area contributed by atoms with Gasteiger partial charge in [-0.25, -0.2) is 0 Å². The minimum absolute atomic E-state index is 0.0260. The van der Waals surface area contributed by atoms with Crippen LogP contribution < -0.4 is 16.0 Å². The van der Waals surface area contributed by atoms with Gasteiger partial charge in [-0.3, -0.25) is 4.79 Å². The molecule has 0 aromatic heterocycles. The summed E-state index contributed by atoms with van der Waals surface area (Å²) in [6.45, 7) is 4.73. The maximum absolute atomic E-state index is 12.5. The topological polar surface area (TPSA) is 53.2 Å². The molecule has 4 nitrogen and oxygen atoms in total. The van der Waals surface area contributed by atoms with E-state index in [1.807, 2.05) is 27.0 Å². The zero-order chi connectivity index (χ0) is 13.9. The fourth-order valence-corrected chi connectivity index (χ4v) is 2.51. The summed E-state index contributed by atoms with van der Waals surface area (Å²) in [6.07, 6.45) is 9.62. The second kappa shape index (κ2) is 5.78. The van der Waals surface area contributed by atoms with Crippen molar-refractivity contribution in [2.24, 2.45) is 5.92 Å². The molecule has 3 N–H and O–H groups in total. The van der Waals surface area contributed by atoms with Gasteiger partial charge in [-0.05, 0) is 38.3 Å². The molecule has 4 heteroatoms.